The third kappa shape index (κ3) is 5.98. The molecule has 40 heavy (non-hydrogen) atoms. The monoisotopic (exact) mass is 574 g/mol. The fraction of sp³-hybridized carbons (Fsp3) is 0.886. The van der Waals surface area contributed by atoms with Gasteiger partial charge in [-0.3, -0.25) is 0 Å². The lowest BCUT2D eigenvalue weighted by molar-refractivity contribution is -0.0603. The maximum Gasteiger partial charge on any atom is 0.192 e. The summed E-state index contributed by atoms with van der Waals surface area (Å²) in [6.07, 6.45) is 15.1. The number of aliphatic hydroxyl groups excluding tert-OH is 1. The quantitative estimate of drug-likeness (QED) is 0.203. The van der Waals surface area contributed by atoms with Crippen LogP contribution in [0.15, 0.2) is 23.3 Å². The van der Waals surface area contributed by atoms with Crippen molar-refractivity contribution in [3.8, 4) is 0 Å². The molecule has 9 atom stereocenters. The molecule has 0 heterocycles. The molecular formula is C35H62O4Si. The van der Waals surface area contributed by atoms with E-state index in [1.54, 1.807) is 5.57 Å². The first-order valence-corrected chi connectivity index (χ1v) is 19.5. The molecule has 3 fully saturated rings. The van der Waals surface area contributed by atoms with Crippen molar-refractivity contribution < 1.29 is 19.4 Å². The van der Waals surface area contributed by atoms with E-state index in [1.165, 1.54) is 31.3 Å². The number of allylic oxidation sites excluding steroid dienone is 3. The van der Waals surface area contributed by atoms with Crippen LogP contribution in [0.4, 0.5) is 0 Å². The third-order valence-electron chi connectivity index (χ3n) is 12.8. The zero-order valence-corrected chi connectivity index (χ0v) is 28.6. The molecule has 0 aromatic carbocycles. The maximum atomic E-state index is 10.9. The molecule has 0 aliphatic heterocycles. The highest BCUT2D eigenvalue weighted by molar-refractivity contribution is 6.74. The summed E-state index contributed by atoms with van der Waals surface area (Å²) in [5.74, 6) is 1.70. The van der Waals surface area contributed by atoms with Crippen LogP contribution in [0.3, 0.4) is 0 Å². The number of hydrogen-bond acceptors (Lipinski definition) is 4. The highest BCUT2D eigenvalue weighted by Crippen LogP contribution is 2.66. The molecule has 5 heteroatoms. The lowest BCUT2D eigenvalue weighted by Crippen LogP contribution is -2.57. The lowest BCUT2D eigenvalue weighted by Gasteiger charge is -2.58. The van der Waals surface area contributed by atoms with Crippen LogP contribution < -0.4 is 0 Å². The molecule has 3 saturated carbocycles. The Morgan fingerprint density at radius 3 is 2.40 bits per heavy atom. The van der Waals surface area contributed by atoms with Gasteiger partial charge in [0.25, 0.3) is 0 Å². The molecule has 4 aliphatic rings. The van der Waals surface area contributed by atoms with E-state index in [4.69, 9.17) is 9.16 Å². The van der Waals surface area contributed by atoms with Crippen LogP contribution >= 0.6 is 0 Å². The summed E-state index contributed by atoms with van der Waals surface area (Å²) in [5.41, 5.74) is 2.79. The van der Waals surface area contributed by atoms with Gasteiger partial charge < -0.3 is 19.4 Å². The van der Waals surface area contributed by atoms with Gasteiger partial charge in [0, 0.05) is 12.0 Å². The van der Waals surface area contributed by atoms with Crippen molar-refractivity contribution in [1.82, 2.24) is 0 Å². The second-order valence-electron chi connectivity index (χ2n) is 16.3. The molecule has 0 bridgehead atoms. The Bertz CT molecular complexity index is 961. The first-order chi connectivity index (χ1) is 18.5. The van der Waals surface area contributed by atoms with Gasteiger partial charge in [-0.15, -0.1) is 0 Å². The van der Waals surface area contributed by atoms with Gasteiger partial charge in [0.15, 0.2) is 8.32 Å². The molecule has 4 rings (SSSR count). The number of ether oxygens (including phenoxy) is 1. The summed E-state index contributed by atoms with van der Waals surface area (Å²) in [4.78, 5) is 0. The van der Waals surface area contributed by atoms with Gasteiger partial charge in [-0.2, -0.15) is 0 Å². The van der Waals surface area contributed by atoms with Crippen LogP contribution in [0.25, 0.3) is 0 Å². The smallest absolute Gasteiger partial charge is 0.192 e. The van der Waals surface area contributed by atoms with Gasteiger partial charge in [0.1, 0.15) is 0 Å². The van der Waals surface area contributed by atoms with E-state index in [0.717, 1.165) is 45.1 Å². The van der Waals surface area contributed by atoms with Crippen LogP contribution in [-0.2, 0) is 9.16 Å². The van der Waals surface area contributed by atoms with Crippen LogP contribution in [0.1, 0.15) is 120 Å². The number of unbranched alkanes of at least 4 members (excludes halogenated alkanes) is 1. The van der Waals surface area contributed by atoms with Gasteiger partial charge in [0.05, 0.1) is 23.9 Å². The van der Waals surface area contributed by atoms with Crippen molar-refractivity contribution in [3.05, 3.63) is 23.3 Å². The van der Waals surface area contributed by atoms with Gasteiger partial charge in [0.2, 0.25) is 0 Å². The standard InChI is InChI=1S/C35H62O4Si/c1-11-33(6,37)19-12-13-21-38-24(2)28-16-17-29-27-15-14-25-22-26(36)23-31(39-40(9,10)32(3,4)5)35(25,8)30(27)18-20-34(28,29)7/h14-15,24,26,28-31,36-37H,11-13,16-23H2,1-10H3/t24-,26+,28+,29-,30-,31-,33?,34+,35-/m0/s1. The zero-order valence-electron chi connectivity index (χ0n) is 27.6. The average Bonchev–Trinajstić information content (AvgIpc) is 3.21. The van der Waals surface area contributed by atoms with Gasteiger partial charge in [-0.25, -0.2) is 0 Å². The molecular weight excluding hydrogens is 512 g/mol. The zero-order chi connectivity index (χ0) is 29.7. The molecule has 0 amide bonds. The van der Waals surface area contributed by atoms with Crippen LogP contribution in [0.5, 0.6) is 0 Å². The van der Waals surface area contributed by atoms with E-state index in [1.807, 2.05) is 6.92 Å². The third-order valence-corrected chi connectivity index (χ3v) is 17.2. The Hall–Kier alpha value is -0.463. The molecule has 0 saturated heterocycles. The molecule has 1 unspecified atom stereocenters. The first kappa shape index (κ1) is 32.5. The number of hydrogen-bond donors (Lipinski definition) is 2. The van der Waals surface area contributed by atoms with Crippen LogP contribution in [0, 0.1) is 28.6 Å². The van der Waals surface area contributed by atoms with Gasteiger partial charge in [-0.1, -0.05) is 64.8 Å². The Morgan fingerprint density at radius 1 is 1.05 bits per heavy atom. The van der Waals surface area contributed by atoms with Crippen molar-refractivity contribution in [3.63, 3.8) is 0 Å². The minimum absolute atomic E-state index is 0.0277. The summed E-state index contributed by atoms with van der Waals surface area (Å²) < 4.78 is 13.7. The van der Waals surface area contributed by atoms with Crippen LogP contribution in [-0.4, -0.2) is 49.1 Å². The second-order valence-corrected chi connectivity index (χ2v) is 21.1. The Balaban J connectivity index is 1.48. The SMILES string of the molecule is CCC(C)(O)CCCCO[C@@H](C)[C@H]1CC[C@H]2C3=CC=C4C[C@@H](O)C[C@H](O[Si](C)(C)C(C)(C)C)[C@]4(C)[C@H]3CC[C@]12C. The lowest BCUT2D eigenvalue weighted by atomic mass is 9.49. The summed E-state index contributed by atoms with van der Waals surface area (Å²) >= 11 is 0. The predicted molar refractivity (Wildman–Crippen MR) is 169 cm³/mol. The fourth-order valence-electron chi connectivity index (χ4n) is 8.71. The van der Waals surface area contributed by atoms with Crippen LogP contribution in [0.2, 0.25) is 18.1 Å². The van der Waals surface area contributed by atoms with E-state index in [9.17, 15) is 10.2 Å². The summed E-state index contributed by atoms with van der Waals surface area (Å²) in [5, 5.41) is 21.4. The van der Waals surface area contributed by atoms with Crippen molar-refractivity contribution in [2.75, 3.05) is 6.61 Å². The topological polar surface area (TPSA) is 58.9 Å². The minimum atomic E-state index is -1.99. The number of fused-ring (bicyclic) bond motifs is 5. The number of aliphatic hydroxyl groups is 2. The van der Waals surface area contributed by atoms with Gasteiger partial charge in [-0.05, 0) is 119 Å². The van der Waals surface area contributed by atoms with Crippen molar-refractivity contribution in [2.45, 2.75) is 162 Å². The minimum Gasteiger partial charge on any atom is -0.413 e. The summed E-state index contributed by atoms with van der Waals surface area (Å²) in [7, 11) is -1.99. The Labute approximate surface area is 247 Å². The number of rotatable bonds is 10. The summed E-state index contributed by atoms with van der Waals surface area (Å²) in [6.45, 7) is 23.9. The molecule has 0 spiro atoms. The second kappa shape index (κ2) is 11.6. The van der Waals surface area contributed by atoms with Crippen molar-refractivity contribution in [2.24, 2.45) is 28.6 Å². The molecule has 0 radical (unpaired) electrons. The van der Waals surface area contributed by atoms with Crippen molar-refractivity contribution in [1.29, 1.82) is 0 Å². The van der Waals surface area contributed by atoms with E-state index in [2.05, 4.69) is 73.7 Å². The first-order valence-electron chi connectivity index (χ1n) is 16.6. The van der Waals surface area contributed by atoms with E-state index in [-0.39, 0.29) is 34.2 Å². The molecule has 0 aromatic rings. The highest BCUT2D eigenvalue weighted by Gasteiger charge is 2.60. The molecule has 2 N–H and O–H groups in total. The summed E-state index contributed by atoms with van der Waals surface area (Å²) in [6, 6.07) is 0. The van der Waals surface area contributed by atoms with E-state index < -0.39 is 13.9 Å². The Morgan fingerprint density at radius 2 is 1.75 bits per heavy atom. The molecule has 230 valence electrons. The Kier molecular flexibility index (Phi) is 9.38. The molecule has 4 nitrogen and oxygen atoms in total. The van der Waals surface area contributed by atoms with Gasteiger partial charge >= 0.3 is 0 Å². The average molecular weight is 575 g/mol. The predicted octanol–water partition coefficient (Wildman–Crippen LogP) is 8.58. The highest BCUT2D eigenvalue weighted by atomic mass is 28.4. The van der Waals surface area contributed by atoms with E-state index in [0.29, 0.717) is 17.8 Å². The largest absolute Gasteiger partial charge is 0.413 e. The van der Waals surface area contributed by atoms with Crippen molar-refractivity contribution >= 4 is 8.32 Å². The van der Waals surface area contributed by atoms with E-state index >= 15 is 0 Å². The normalized spacial score (nSPS) is 38.5. The maximum absolute atomic E-state index is 10.9. The molecule has 4 aliphatic carbocycles. The molecule has 0 aromatic heterocycles. The fourth-order valence-corrected chi connectivity index (χ4v) is 10.1.